The third-order valence-electron chi connectivity index (χ3n) is 2.62. The summed E-state index contributed by atoms with van der Waals surface area (Å²) < 4.78 is 24.3. The lowest BCUT2D eigenvalue weighted by molar-refractivity contribution is 0.445. The van der Waals surface area contributed by atoms with Crippen LogP contribution in [-0.4, -0.2) is 38.6 Å². The number of hydrogen-bond donors (Lipinski definition) is 1. The molecular formula is C8H18N2O2S. The minimum absolute atomic E-state index is 0.0601. The van der Waals surface area contributed by atoms with E-state index in [2.05, 4.69) is 6.92 Å². The van der Waals surface area contributed by atoms with Gasteiger partial charge in [-0.15, -0.1) is 0 Å². The summed E-state index contributed by atoms with van der Waals surface area (Å²) in [5.41, 5.74) is 5.22. The SMILES string of the molecule is CC1CC1CN(C)S(=O)(=O)CCN. The van der Waals surface area contributed by atoms with Crippen molar-refractivity contribution in [2.75, 3.05) is 25.9 Å². The fourth-order valence-corrected chi connectivity index (χ4v) is 2.43. The average Bonchev–Trinajstić information content (AvgIpc) is 2.66. The monoisotopic (exact) mass is 206 g/mol. The van der Waals surface area contributed by atoms with Crippen molar-refractivity contribution in [3.8, 4) is 0 Å². The van der Waals surface area contributed by atoms with Gasteiger partial charge in [0.25, 0.3) is 0 Å². The second kappa shape index (κ2) is 3.94. The van der Waals surface area contributed by atoms with Gasteiger partial charge in [0.05, 0.1) is 5.75 Å². The Morgan fingerprint density at radius 1 is 1.54 bits per heavy atom. The van der Waals surface area contributed by atoms with Crippen LogP contribution >= 0.6 is 0 Å². The van der Waals surface area contributed by atoms with E-state index in [0.29, 0.717) is 18.4 Å². The maximum Gasteiger partial charge on any atom is 0.215 e. The van der Waals surface area contributed by atoms with Crippen LogP contribution in [0.5, 0.6) is 0 Å². The summed E-state index contributed by atoms with van der Waals surface area (Å²) in [5.74, 6) is 1.32. The highest BCUT2D eigenvalue weighted by Gasteiger charge is 2.35. The molecule has 2 unspecified atom stereocenters. The Morgan fingerprint density at radius 2 is 2.08 bits per heavy atom. The van der Waals surface area contributed by atoms with Crippen LogP contribution in [0.4, 0.5) is 0 Å². The summed E-state index contributed by atoms with van der Waals surface area (Å²) in [6.07, 6.45) is 1.16. The second-order valence-electron chi connectivity index (χ2n) is 3.86. The average molecular weight is 206 g/mol. The van der Waals surface area contributed by atoms with E-state index >= 15 is 0 Å². The highest BCUT2D eigenvalue weighted by Crippen LogP contribution is 2.38. The first-order valence-corrected chi connectivity index (χ1v) is 6.22. The van der Waals surface area contributed by atoms with E-state index in [1.165, 1.54) is 4.31 Å². The predicted molar refractivity (Wildman–Crippen MR) is 52.7 cm³/mol. The van der Waals surface area contributed by atoms with E-state index in [9.17, 15) is 8.42 Å². The van der Waals surface area contributed by atoms with Gasteiger partial charge in [0, 0.05) is 20.1 Å². The predicted octanol–water partition coefficient (Wildman–Crippen LogP) is -0.137. The van der Waals surface area contributed by atoms with Gasteiger partial charge in [-0.05, 0) is 18.3 Å². The van der Waals surface area contributed by atoms with Crippen LogP contribution < -0.4 is 5.73 Å². The maximum absolute atomic E-state index is 11.4. The lowest BCUT2D eigenvalue weighted by Gasteiger charge is -2.16. The van der Waals surface area contributed by atoms with E-state index in [4.69, 9.17) is 5.73 Å². The Morgan fingerprint density at radius 3 is 2.46 bits per heavy atom. The first-order valence-electron chi connectivity index (χ1n) is 4.61. The summed E-state index contributed by atoms with van der Waals surface area (Å²) in [5, 5.41) is 0. The van der Waals surface area contributed by atoms with Gasteiger partial charge in [-0.25, -0.2) is 12.7 Å². The van der Waals surface area contributed by atoms with Crippen LogP contribution in [0.1, 0.15) is 13.3 Å². The molecule has 0 radical (unpaired) electrons. The third-order valence-corrected chi connectivity index (χ3v) is 4.47. The fraction of sp³-hybridized carbons (Fsp3) is 1.00. The van der Waals surface area contributed by atoms with Crippen LogP contribution in [0.2, 0.25) is 0 Å². The highest BCUT2D eigenvalue weighted by molar-refractivity contribution is 7.89. The van der Waals surface area contributed by atoms with Gasteiger partial charge < -0.3 is 5.73 Å². The zero-order chi connectivity index (χ0) is 10.1. The molecule has 4 nitrogen and oxygen atoms in total. The largest absolute Gasteiger partial charge is 0.329 e. The van der Waals surface area contributed by atoms with Crippen molar-refractivity contribution in [3.63, 3.8) is 0 Å². The summed E-state index contributed by atoms with van der Waals surface area (Å²) in [6, 6.07) is 0. The summed E-state index contributed by atoms with van der Waals surface area (Å²) in [6.45, 7) is 3.00. The van der Waals surface area contributed by atoms with Crippen LogP contribution in [0.15, 0.2) is 0 Å². The van der Waals surface area contributed by atoms with Gasteiger partial charge in [-0.1, -0.05) is 6.92 Å². The second-order valence-corrected chi connectivity index (χ2v) is 6.05. The Labute approximate surface area is 80.1 Å². The molecule has 0 bridgehead atoms. The molecule has 0 saturated heterocycles. The number of sulfonamides is 1. The molecule has 0 aromatic rings. The third kappa shape index (κ3) is 2.93. The zero-order valence-corrected chi connectivity index (χ0v) is 9.05. The normalized spacial score (nSPS) is 28.0. The van der Waals surface area contributed by atoms with E-state index < -0.39 is 10.0 Å². The summed E-state index contributed by atoms with van der Waals surface area (Å²) in [7, 11) is -1.45. The first kappa shape index (κ1) is 10.9. The van der Waals surface area contributed by atoms with E-state index in [-0.39, 0.29) is 12.3 Å². The standard InChI is InChI=1S/C8H18N2O2S/c1-7-5-8(7)6-10(2)13(11,12)4-3-9/h7-8H,3-6,9H2,1-2H3. The van der Waals surface area contributed by atoms with E-state index in [0.717, 1.165) is 6.42 Å². The molecule has 1 saturated carbocycles. The summed E-state index contributed by atoms with van der Waals surface area (Å²) in [4.78, 5) is 0. The Kier molecular flexibility index (Phi) is 3.32. The molecule has 0 aromatic heterocycles. The molecule has 5 heteroatoms. The molecule has 2 atom stereocenters. The number of nitrogens with two attached hydrogens (primary N) is 1. The molecule has 1 rings (SSSR count). The van der Waals surface area contributed by atoms with Crippen molar-refractivity contribution in [1.82, 2.24) is 4.31 Å². The number of hydrogen-bond acceptors (Lipinski definition) is 3. The summed E-state index contributed by atoms with van der Waals surface area (Å²) >= 11 is 0. The van der Waals surface area contributed by atoms with Gasteiger partial charge in [0.1, 0.15) is 0 Å². The van der Waals surface area contributed by atoms with Gasteiger partial charge in [-0.3, -0.25) is 0 Å². The molecule has 0 heterocycles. The molecule has 1 aliphatic carbocycles. The molecule has 2 N–H and O–H groups in total. The number of rotatable bonds is 5. The highest BCUT2D eigenvalue weighted by atomic mass is 32.2. The van der Waals surface area contributed by atoms with Crippen LogP contribution in [0, 0.1) is 11.8 Å². The lowest BCUT2D eigenvalue weighted by atomic mass is 10.3. The molecule has 1 aliphatic rings. The Bertz CT molecular complexity index is 263. The quantitative estimate of drug-likeness (QED) is 0.681. The topological polar surface area (TPSA) is 63.4 Å². The van der Waals surface area contributed by atoms with Gasteiger partial charge in [0.2, 0.25) is 10.0 Å². The Hall–Kier alpha value is -0.130. The fourth-order valence-electron chi connectivity index (χ4n) is 1.40. The van der Waals surface area contributed by atoms with Crippen molar-refractivity contribution < 1.29 is 8.42 Å². The van der Waals surface area contributed by atoms with Crippen molar-refractivity contribution >= 4 is 10.0 Å². The van der Waals surface area contributed by atoms with Crippen LogP contribution in [-0.2, 0) is 10.0 Å². The minimum atomic E-state index is -3.08. The first-order chi connectivity index (χ1) is 5.97. The molecule has 1 fully saturated rings. The lowest BCUT2D eigenvalue weighted by Crippen LogP contribution is -2.33. The van der Waals surface area contributed by atoms with Gasteiger partial charge >= 0.3 is 0 Å². The van der Waals surface area contributed by atoms with Crippen molar-refractivity contribution in [2.45, 2.75) is 13.3 Å². The molecule has 0 amide bonds. The number of nitrogens with zero attached hydrogens (tertiary/aromatic N) is 1. The maximum atomic E-state index is 11.4. The van der Waals surface area contributed by atoms with Crippen molar-refractivity contribution in [1.29, 1.82) is 0 Å². The smallest absolute Gasteiger partial charge is 0.215 e. The van der Waals surface area contributed by atoms with E-state index in [1.54, 1.807) is 7.05 Å². The van der Waals surface area contributed by atoms with Gasteiger partial charge in [0.15, 0.2) is 0 Å². The van der Waals surface area contributed by atoms with Crippen molar-refractivity contribution in [3.05, 3.63) is 0 Å². The molecule has 78 valence electrons. The molecule has 13 heavy (non-hydrogen) atoms. The molecule has 0 spiro atoms. The molecular weight excluding hydrogens is 188 g/mol. The van der Waals surface area contributed by atoms with Crippen LogP contribution in [0.3, 0.4) is 0 Å². The van der Waals surface area contributed by atoms with Crippen molar-refractivity contribution in [2.24, 2.45) is 17.6 Å². The molecule has 0 aliphatic heterocycles. The van der Waals surface area contributed by atoms with Gasteiger partial charge in [-0.2, -0.15) is 0 Å². The Balaban J connectivity index is 2.42. The minimum Gasteiger partial charge on any atom is -0.329 e. The zero-order valence-electron chi connectivity index (χ0n) is 8.23. The van der Waals surface area contributed by atoms with Crippen LogP contribution in [0.25, 0.3) is 0 Å². The van der Waals surface area contributed by atoms with E-state index in [1.807, 2.05) is 0 Å². The molecule has 0 aromatic carbocycles.